The Bertz CT molecular complexity index is 393. The molecule has 0 radical (unpaired) electrons. The molecule has 1 aromatic heterocycles. The molecule has 0 aliphatic heterocycles. The summed E-state index contributed by atoms with van der Waals surface area (Å²) in [5.41, 5.74) is 3.40. The number of methoxy groups -OCH3 is 2. The Labute approximate surface area is 122 Å². The van der Waals surface area contributed by atoms with E-state index >= 15 is 0 Å². The van der Waals surface area contributed by atoms with Crippen molar-refractivity contribution in [1.82, 2.24) is 15.2 Å². The lowest BCUT2D eigenvalue weighted by molar-refractivity contribution is -0.0327. The van der Waals surface area contributed by atoms with Gasteiger partial charge in [-0.2, -0.15) is 5.10 Å². The number of ether oxygens (including phenoxy) is 2. The molecule has 3 N–H and O–H groups in total. The Kier molecular flexibility index (Phi) is 6.41. The first kappa shape index (κ1) is 16.6. The Morgan fingerprint density at radius 3 is 2.74 bits per heavy atom. The van der Waals surface area contributed by atoms with E-state index in [-0.39, 0.29) is 6.04 Å². The first-order valence-corrected chi connectivity index (χ1v) is 7.04. The van der Waals surface area contributed by atoms with E-state index in [1.54, 1.807) is 20.4 Å². The molecule has 19 heavy (non-hydrogen) atoms. The zero-order chi connectivity index (χ0) is 14.5. The third-order valence-corrected chi connectivity index (χ3v) is 4.17. The van der Waals surface area contributed by atoms with E-state index in [0.29, 0.717) is 13.2 Å². The molecule has 0 saturated carbocycles. The molecule has 2 atom stereocenters. The predicted molar refractivity (Wildman–Crippen MR) is 77.6 cm³/mol. The molecule has 2 unspecified atom stereocenters. The smallest absolute Gasteiger partial charge is 0.0926 e. The molecule has 6 nitrogen and oxygen atoms in total. The maximum atomic E-state index is 5.74. The number of nitrogens with zero attached hydrogens (tertiary/aromatic N) is 2. The number of aromatic nitrogens is 2. The molecule has 0 amide bonds. The van der Waals surface area contributed by atoms with E-state index in [0.717, 1.165) is 16.6 Å². The lowest BCUT2D eigenvalue weighted by Gasteiger charge is -2.35. The van der Waals surface area contributed by atoms with Crippen LogP contribution >= 0.6 is 15.9 Å². The maximum Gasteiger partial charge on any atom is 0.0926 e. The molecule has 0 aliphatic rings. The van der Waals surface area contributed by atoms with Crippen molar-refractivity contribution < 1.29 is 9.47 Å². The van der Waals surface area contributed by atoms with Crippen LogP contribution in [0.5, 0.6) is 0 Å². The van der Waals surface area contributed by atoms with Crippen LogP contribution in [-0.4, -0.2) is 36.2 Å². The van der Waals surface area contributed by atoms with Gasteiger partial charge in [0.2, 0.25) is 0 Å². The van der Waals surface area contributed by atoms with Gasteiger partial charge in [-0.15, -0.1) is 0 Å². The Morgan fingerprint density at radius 1 is 1.58 bits per heavy atom. The summed E-state index contributed by atoms with van der Waals surface area (Å²) in [7, 11) is 3.36. The van der Waals surface area contributed by atoms with Gasteiger partial charge in [0.1, 0.15) is 0 Å². The van der Waals surface area contributed by atoms with Gasteiger partial charge in [0, 0.05) is 14.2 Å². The molecular weight excluding hydrogens is 312 g/mol. The Hall–Kier alpha value is -0.470. The number of nitrogens with two attached hydrogens (primary N) is 1. The van der Waals surface area contributed by atoms with Crippen LogP contribution in [0.15, 0.2) is 10.7 Å². The van der Waals surface area contributed by atoms with Crippen LogP contribution in [0.25, 0.3) is 0 Å². The fourth-order valence-corrected chi connectivity index (χ4v) is 2.55. The van der Waals surface area contributed by atoms with Crippen LogP contribution < -0.4 is 11.3 Å². The Balaban J connectivity index is 3.13. The highest BCUT2D eigenvalue weighted by Crippen LogP contribution is 2.34. The highest BCUT2D eigenvalue weighted by molar-refractivity contribution is 9.10. The van der Waals surface area contributed by atoms with Crippen molar-refractivity contribution in [2.75, 3.05) is 20.8 Å². The molecule has 0 spiro atoms. The van der Waals surface area contributed by atoms with E-state index in [4.69, 9.17) is 15.3 Å². The van der Waals surface area contributed by atoms with Gasteiger partial charge >= 0.3 is 0 Å². The van der Waals surface area contributed by atoms with E-state index < -0.39 is 5.60 Å². The first-order valence-electron chi connectivity index (χ1n) is 6.25. The number of halogens is 1. The van der Waals surface area contributed by atoms with Crippen molar-refractivity contribution in [1.29, 1.82) is 0 Å². The highest BCUT2D eigenvalue weighted by Gasteiger charge is 2.36. The second-order valence-corrected chi connectivity index (χ2v) is 5.42. The van der Waals surface area contributed by atoms with Crippen molar-refractivity contribution >= 4 is 15.9 Å². The fourth-order valence-electron chi connectivity index (χ4n) is 2.03. The molecule has 110 valence electrons. The second kappa shape index (κ2) is 7.35. The van der Waals surface area contributed by atoms with Crippen LogP contribution in [0.1, 0.15) is 32.0 Å². The first-order chi connectivity index (χ1) is 9.03. The molecule has 1 heterocycles. The minimum absolute atomic E-state index is 0.170. The van der Waals surface area contributed by atoms with Gasteiger partial charge in [-0.05, 0) is 29.3 Å². The summed E-state index contributed by atoms with van der Waals surface area (Å²) in [5, 5.41) is 4.34. The number of rotatable bonds is 8. The highest BCUT2D eigenvalue weighted by atomic mass is 79.9. The van der Waals surface area contributed by atoms with Gasteiger partial charge < -0.3 is 9.47 Å². The molecule has 7 heteroatoms. The SMILES string of the molecule is CCC(C)(OC)C(NN)c1c(Br)cnn1CCOC. The summed E-state index contributed by atoms with van der Waals surface area (Å²) in [6.07, 6.45) is 2.58. The average Bonchev–Trinajstić information content (AvgIpc) is 2.78. The number of hydrogen-bond donors (Lipinski definition) is 2. The molecule has 0 saturated heterocycles. The number of hydrogen-bond acceptors (Lipinski definition) is 5. The van der Waals surface area contributed by atoms with Crippen LogP contribution in [0.3, 0.4) is 0 Å². The van der Waals surface area contributed by atoms with E-state index in [2.05, 4.69) is 33.4 Å². The van der Waals surface area contributed by atoms with Crippen molar-refractivity contribution in [3.8, 4) is 0 Å². The quantitative estimate of drug-likeness (QED) is 0.558. The van der Waals surface area contributed by atoms with Crippen LogP contribution in [-0.2, 0) is 16.0 Å². The summed E-state index contributed by atoms with van der Waals surface area (Å²) in [6, 6.07) is -0.170. The van der Waals surface area contributed by atoms with E-state index in [1.165, 1.54) is 0 Å². The van der Waals surface area contributed by atoms with Gasteiger partial charge in [0.15, 0.2) is 0 Å². The van der Waals surface area contributed by atoms with Crippen molar-refractivity contribution in [2.45, 2.75) is 38.5 Å². The maximum absolute atomic E-state index is 5.74. The van der Waals surface area contributed by atoms with Gasteiger partial charge in [0.25, 0.3) is 0 Å². The lowest BCUT2D eigenvalue weighted by atomic mass is 9.91. The van der Waals surface area contributed by atoms with Gasteiger partial charge in [0.05, 0.1) is 41.2 Å². The molecule has 0 aromatic carbocycles. The molecule has 1 aromatic rings. The monoisotopic (exact) mass is 334 g/mol. The summed E-state index contributed by atoms with van der Waals surface area (Å²) in [5.74, 6) is 5.74. The molecule has 0 aliphatic carbocycles. The standard InChI is InChI=1S/C12H23BrN4O2/c1-5-12(2,19-4)11(16-14)10-9(13)8-15-17(10)6-7-18-3/h8,11,16H,5-7,14H2,1-4H3. The normalized spacial score (nSPS) is 16.3. The molecule has 0 fully saturated rings. The summed E-state index contributed by atoms with van der Waals surface area (Å²) >= 11 is 3.53. The zero-order valence-corrected chi connectivity index (χ0v) is 13.5. The molecule has 0 bridgehead atoms. The average molecular weight is 335 g/mol. The summed E-state index contributed by atoms with van der Waals surface area (Å²) in [4.78, 5) is 0. The topological polar surface area (TPSA) is 74.3 Å². The van der Waals surface area contributed by atoms with Crippen LogP contribution in [0, 0.1) is 0 Å². The largest absolute Gasteiger partial charge is 0.383 e. The zero-order valence-electron chi connectivity index (χ0n) is 11.9. The minimum atomic E-state index is -0.415. The van der Waals surface area contributed by atoms with Gasteiger partial charge in [-0.3, -0.25) is 10.5 Å². The van der Waals surface area contributed by atoms with Crippen LogP contribution in [0.4, 0.5) is 0 Å². The van der Waals surface area contributed by atoms with Crippen molar-refractivity contribution in [3.63, 3.8) is 0 Å². The Morgan fingerprint density at radius 2 is 2.26 bits per heavy atom. The fraction of sp³-hybridized carbons (Fsp3) is 0.750. The van der Waals surface area contributed by atoms with Crippen molar-refractivity contribution in [3.05, 3.63) is 16.4 Å². The summed E-state index contributed by atoms with van der Waals surface area (Å²) in [6.45, 7) is 5.35. The number of nitrogens with one attached hydrogen (secondary N) is 1. The summed E-state index contributed by atoms with van der Waals surface area (Å²) < 4.78 is 13.5. The minimum Gasteiger partial charge on any atom is -0.383 e. The van der Waals surface area contributed by atoms with Crippen molar-refractivity contribution in [2.24, 2.45) is 5.84 Å². The van der Waals surface area contributed by atoms with E-state index in [1.807, 2.05) is 11.6 Å². The second-order valence-electron chi connectivity index (χ2n) is 4.56. The van der Waals surface area contributed by atoms with Crippen LogP contribution in [0.2, 0.25) is 0 Å². The predicted octanol–water partition coefficient (Wildman–Crippen LogP) is 1.61. The van der Waals surface area contributed by atoms with Gasteiger partial charge in [-0.25, -0.2) is 5.43 Å². The third-order valence-electron chi connectivity index (χ3n) is 3.56. The van der Waals surface area contributed by atoms with Gasteiger partial charge in [-0.1, -0.05) is 6.92 Å². The van der Waals surface area contributed by atoms with E-state index in [9.17, 15) is 0 Å². The third kappa shape index (κ3) is 3.55. The molecular formula is C12H23BrN4O2. The lowest BCUT2D eigenvalue weighted by Crippen LogP contribution is -2.46. The number of hydrazine groups is 1. The molecule has 1 rings (SSSR count).